The standard InChI is InChI=1S/C7H14N6O/c1-10-7-12-5(4(8)3-14-2)11-6(9)13-7/h4H,3,8H2,1-2H3,(H3,9,10,11,12,13). The molecule has 7 heteroatoms. The van der Waals surface area contributed by atoms with Crippen LogP contribution in [0.25, 0.3) is 0 Å². The molecule has 0 fully saturated rings. The van der Waals surface area contributed by atoms with Crippen molar-refractivity contribution < 1.29 is 4.74 Å². The van der Waals surface area contributed by atoms with Gasteiger partial charge in [-0.3, -0.25) is 0 Å². The maximum Gasteiger partial charge on any atom is 0.227 e. The molecule has 0 amide bonds. The van der Waals surface area contributed by atoms with E-state index in [9.17, 15) is 0 Å². The van der Waals surface area contributed by atoms with Gasteiger partial charge in [0.1, 0.15) is 0 Å². The van der Waals surface area contributed by atoms with E-state index in [1.54, 1.807) is 14.2 Å². The first kappa shape index (κ1) is 10.6. The Kier molecular flexibility index (Phi) is 3.55. The average molecular weight is 198 g/mol. The Morgan fingerprint density at radius 1 is 1.43 bits per heavy atom. The molecule has 78 valence electrons. The highest BCUT2D eigenvalue weighted by Gasteiger charge is 2.11. The third-order valence-corrected chi connectivity index (χ3v) is 1.57. The van der Waals surface area contributed by atoms with Crippen molar-refractivity contribution >= 4 is 11.9 Å². The summed E-state index contributed by atoms with van der Waals surface area (Å²) in [5.41, 5.74) is 11.2. The van der Waals surface area contributed by atoms with Gasteiger partial charge in [-0.05, 0) is 0 Å². The van der Waals surface area contributed by atoms with Gasteiger partial charge < -0.3 is 21.5 Å². The van der Waals surface area contributed by atoms with Crippen LogP contribution in [0.5, 0.6) is 0 Å². The molecule has 0 aliphatic carbocycles. The third kappa shape index (κ3) is 2.51. The van der Waals surface area contributed by atoms with E-state index in [4.69, 9.17) is 16.2 Å². The molecule has 1 aromatic rings. The summed E-state index contributed by atoms with van der Waals surface area (Å²) in [7, 11) is 3.25. The summed E-state index contributed by atoms with van der Waals surface area (Å²) in [6, 6.07) is -0.391. The zero-order valence-corrected chi connectivity index (χ0v) is 8.19. The van der Waals surface area contributed by atoms with E-state index >= 15 is 0 Å². The topological polar surface area (TPSA) is 112 Å². The van der Waals surface area contributed by atoms with Gasteiger partial charge in [-0.2, -0.15) is 15.0 Å². The lowest BCUT2D eigenvalue weighted by Gasteiger charge is -2.09. The number of nitrogens with one attached hydrogen (secondary N) is 1. The molecule has 0 aliphatic heterocycles. The van der Waals surface area contributed by atoms with Crippen LogP contribution < -0.4 is 16.8 Å². The number of nitrogens with two attached hydrogens (primary N) is 2. The molecule has 1 aromatic heterocycles. The second-order valence-corrected chi connectivity index (χ2v) is 2.69. The van der Waals surface area contributed by atoms with Crippen LogP contribution in [0, 0.1) is 0 Å². The molecular formula is C7H14N6O. The number of hydrogen-bond donors (Lipinski definition) is 3. The van der Waals surface area contributed by atoms with Gasteiger partial charge in [0.25, 0.3) is 0 Å². The average Bonchev–Trinajstić information content (AvgIpc) is 2.17. The molecule has 7 nitrogen and oxygen atoms in total. The summed E-state index contributed by atoms with van der Waals surface area (Å²) >= 11 is 0. The zero-order chi connectivity index (χ0) is 10.6. The van der Waals surface area contributed by atoms with Crippen molar-refractivity contribution in [2.45, 2.75) is 6.04 Å². The summed E-state index contributed by atoms with van der Waals surface area (Å²) in [4.78, 5) is 11.8. The predicted octanol–water partition coefficient (Wildman–Crippen LogP) is -0.858. The first-order valence-corrected chi connectivity index (χ1v) is 4.11. The Morgan fingerprint density at radius 3 is 2.71 bits per heavy atom. The van der Waals surface area contributed by atoms with Crippen LogP contribution in [0.2, 0.25) is 0 Å². The van der Waals surface area contributed by atoms with Crippen molar-refractivity contribution in [1.82, 2.24) is 15.0 Å². The van der Waals surface area contributed by atoms with E-state index in [0.29, 0.717) is 18.4 Å². The molecule has 0 aliphatic rings. The number of nitrogen functional groups attached to an aromatic ring is 1. The van der Waals surface area contributed by atoms with Crippen LogP contribution in [-0.4, -0.2) is 35.7 Å². The minimum absolute atomic E-state index is 0.144. The zero-order valence-electron chi connectivity index (χ0n) is 8.19. The number of anilines is 2. The Labute approximate surface area is 81.9 Å². The lowest BCUT2D eigenvalue weighted by molar-refractivity contribution is 0.178. The number of hydrogen-bond acceptors (Lipinski definition) is 7. The largest absolute Gasteiger partial charge is 0.383 e. The van der Waals surface area contributed by atoms with Crippen molar-refractivity contribution in [2.24, 2.45) is 5.73 Å². The number of nitrogens with zero attached hydrogens (tertiary/aromatic N) is 3. The van der Waals surface area contributed by atoms with Gasteiger partial charge in [0.2, 0.25) is 11.9 Å². The van der Waals surface area contributed by atoms with Crippen LogP contribution in [0.3, 0.4) is 0 Å². The van der Waals surface area contributed by atoms with E-state index in [-0.39, 0.29) is 5.95 Å². The van der Waals surface area contributed by atoms with Gasteiger partial charge >= 0.3 is 0 Å². The molecule has 0 bridgehead atoms. The van der Waals surface area contributed by atoms with Crippen LogP contribution in [0.15, 0.2) is 0 Å². The van der Waals surface area contributed by atoms with Crippen molar-refractivity contribution in [3.63, 3.8) is 0 Å². The van der Waals surface area contributed by atoms with Crippen molar-refractivity contribution in [3.05, 3.63) is 5.82 Å². The summed E-state index contributed by atoms with van der Waals surface area (Å²) in [5.74, 6) is 0.966. The Hall–Kier alpha value is -1.47. The van der Waals surface area contributed by atoms with E-state index in [2.05, 4.69) is 20.3 Å². The normalized spacial score (nSPS) is 12.5. The molecule has 0 spiro atoms. The molecule has 5 N–H and O–H groups in total. The molecule has 0 saturated heterocycles. The highest BCUT2D eigenvalue weighted by Crippen LogP contribution is 2.08. The molecule has 0 aromatic carbocycles. The van der Waals surface area contributed by atoms with Crippen LogP contribution in [-0.2, 0) is 4.74 Å². The Bertz CT molecular complexity index is 304. The molecule has 14 heavy (non-hydrogen) atoms. The van der Waals surface area contributed by atoms with Crippen molar-refractivity contribution in [1.29, 1.82) is 0 Å². The molecule has 1 atom stereocenters. The fraction of sp³-hybridized carbons (Fsp3) is 0.571. The highest BCUT2D eigenvalue weighted by atomic mass is 16.5. The SMILES string of the molecule is CNc1nc(N)nc(C(N)COC)n1. The van der Waals surface area contributed by atoms with E-state index in [1.807, 2.05) is 0 Å². The summed E-state index contributed by atoms with van der Waals surface area (Å²) in [5, 5.41) is 2.77. The second kappa shape index (κ2) is 4.68. The van der Waals surface area contributed by atoms with Crippen molar-refractivity contribution in [3.8, 4) is 0 Å². The summed E-state index contributed by atoms with van der Waals surface area (Å²) in [6.07, 6.45) is 0. The molecule has 1 heterocycles. The number of aromatic nitrogens is 3. The predicted molar refractivity (Wildman–Crippen MR) is 52.6 cm³/mol. The number of methoxy groups -OCH3 is 1. The molecule has 0 saturated carbocycles. The fourth-order valence-corrected chi connectivity index (χ4v) is 0.941. The number of rotatable bonds is 4. The first-order chi connectivity index (χ1) is 6.67. The summed E-state index contributed by atoms with van der Waals surface area (Å²) < 4.78 is 4.88. The fourth-order valence-electron chi connectivity index (χ4n) is 0.941. The van der Waals surface area contributed by atoms with E-state index in [1.165, 1.54) is 0 Å². The molecule has 0 radical (unpaired) electrons. The van der Waals surface area contributed by atoms with Crippen molar-refractivity contribution in [2.75, 3.05) is 31.8 Å². The van der Waals surface area contributed by atoms with Crippen LogP contribution in [0.1, 0.15) is 11.9 Å². The Morgan fingerprint density at radius 2 is 2.14 bits per heavy atom. The summed E-state index contributed by atoms with van der Waals surface area (Å²) in [6.45, 7) is 0.340. The van der Waals surface area contributed by atoms with Crippen LogP contribution >= 0.6 is 0 Å². The minimum atomic E-state index is -0.391. The monoisotopic (exact) mass is 198 g/mol. The van der Waals surface area contributed by atoms with Gasteiger partial charge in [0.05, 0.1) is 12.6 Å². The highest BCUT2D eigenvalue weighted by molar-refractivity contribution is 5.30. The van der Waals surface area contributed by atoms with Crippen LogP contribution in [0.4, 0.5) is 11.9 Å². The second-order valence-electron chi connectivity index (χ2n) is 2.69. The molecule has 1 unspecified atom stereocenters. The minimum Gasteiger partial charge on any atom is -0.383 e. The van der Waals surface area contributed by atoms with Gasteiger partial charge in [-0.25, -0.2) is 0 Å². The molecule has 1 rings (SSSR count). The van der Waals surface area contributed by atoms with E-state index < -0.39 is 6.04 Å². The quantitative estimate of drug-likeness (QED) is 0.577. The van der Waals surface area contributed by atoms with Gasteiger partial charge in [-0.1, -0.05) is 0 Å². The number of ether oxygens (including phenoxy) is 1. The van der Waals surface area contributed by atoms with Gasteiger partial charge in [-0.15, -0.1) is 0 Å². The molecular weight excluding hydrogens is 184 g/mol. The first-order valence-electron chi connectivity index (χ1n) is 4.11. The Balaban J connectivity index is 2.90. The van der Waals surface area contributed by atoms with Gasteiger partial charge in [0.15, 0.2) is 5.82 Å². The third-order valence-electron chi connectivity index (χ3n) is 1.57. The smallest absolute Gasteiger partial charge is 0.227 e. The maximum absolute atomic E-state index is 5.74. The van der Waals surface area contributed by atoms with E-state index in [0.717, 1.165) is 0 Å². The lowest BCUT2D eigenvalue weighted by Crippen LogP contribution is -2.21. The lowest BCUT2D eigenvalue weighted by atomic mass is 10.3. The van der Waals surface area contributed by atoms with Gasteiger partial charge in [0, 0.05) is 14.2 Å². The maximum atomic E-state index is 5.74.